The minimum Gasteiger partial charge on any atom is -0.497 e. The summed E-state index contributed by atoms with van der Waals surface area (Å²) >= 11 is 0. The molecule has 9 nitrogen and oxygen atoms in total. The van der Waals surface area contributed by atoms with Crippen LogP contribution in [0.3, 0.4) is 0 Å². The fourth-order valence-electron chi connectivity index (χ4n) is 3.99. The van der Waals surface area contributed by atoms with Gasteiger partial charge >= 0.3 is 0 Å². The van der Waals surface area contributed by atoms with Crippen LogP contribution in [0.1, 0.15) is 25.0 Å². The third-order valence-electron chi connectivity index (χ3n) is 6.25. The zero-order valence-electron chi connectivity index (χ0n) is 22.9. The summed E-state index contributed by atoms with van der Waals surface area (Å²) in [5, 5.41) is 2.75. The van der Waals surface area contributed by atoms with Crippen molar-refractivity contribution in [2.24, 2.45) is 0 Å². The molecule has 3 rings (SSSR count). The highest BCUT2D eigenvalue weighted by Crippen LogP contribution is 2.26. The summed E-state index contributed by atoms with van der Waals surface area (Å²) < 4.78 is 39.2. The molecule has 0 radical (unpaired) electrons. The summed E-state index contributed by atoms with van der Waals surface area (Å²) in [7, 11) is -1.11. The number of amides is 2. The van der Waals surface area contributed by atoms with E-state index >= 15 is 0 Å². The number of hydrogen-bond acceptors (Lipinski definition) is 6. The highest BCUT2D eigenvalue weighted by Gasteiger charge is 2.32. The maximum absolute atomic E-state index is 13.9. The molecule has 0 fully saturated rings. The molecule has 10 heteroatoms. The van der Waals surface area contributed by atoms with Crippen molar-refractivity contribution in [2.75, 3.05) is 31.6 Å². The minimum atomic E-state index is -4.15. The molecular formula is C29H35N3O6S. The lowest BCUT2D eigenvalue weighted by atomic mass is 10.1. The molecule has 0 saturated heterocycles. The van der Waals surface area contributed by atoms with Crippen LogP contribution < -0.4 is 19.1 Å². The third kappa shape index (κ3) is 7.29. The number of hydrogen-bond donors (Lipinski definition) is 1. The first kappa shape index (κ1) is 29.5. The van der Waals surface area contributed by atoms with Crippen LogP contribution in [0.2, 0.25) is 0 Å². The first-order chi connectivity index (χ1) is 18.6. The van der Waals surface area contributed by atoms with Crippen LogP contribution in [0, 0.1) is 6.92 Å². The van der Waals surface area contributed by atoms with E-state index in [1.165, 1.54) is 24.1 Å². The number of nitrogens with one attached hydrogen (secondary N) is 1. The zero-order chi connectivity index (χ0) is 28.6. The number of benzene rings is 3. The van der Waals surface area contributed by atoms with Gasteiger partial charge in [0.2, 0.25) is 11.8 Å². The van der Waals surface area contributed by atoms with Crippen molar-refractivity contribution in [1.82, 2.24) is 10.2 Å². The molecule has 39 heavy (non-hydrogen) atoms. The number of ether oxygens (including phenoxy) is 2. The van der Waals surface area contributed by atoms with Crippen molar-refractivity contribution in [2.45, 2.75) is 38.3 Å². The zero-order valence-corrected chi connectivity index (χ0v) is 23.7. The maximum atomic E-state index is 13.9. The van der Waals surface area contributed by atoms with Crippen LogP contribution in [-0.4, -0.2) is 58.5 Å². The number of methoxy groups -OCH3 is 2. The van der Waals surface area contributed by atoms with E-state index in [0.717, 1.165) is 15.4 Å². The summed E-state index contributed by atoms with van der Waals surface area (Å²) in [6, 6.07) is 19.2. The quantitative estimate of drug-likeness (QED) is 0.366. The maximum Gasteiger partial charge on any atom is 0.264 e. The lowest BCUT2D eigenvalue weighted by Gasteiger charge is -2.32. The molecule has 0 saturated carbocycles. The normalized spacial score (nSPS) is 11.8. The minimum absolute atomic E-state index is 0.00722. The Labute approximate surface area is 230 Å². The van der Waals surface area contributed by atoms with Gasteiger partial charge in [-0.2, -0.15) is 0 Å². The lowest BCUT2D eigenvalue weighted by molar-refractivity contribution is -0.139. The molecule has 0 aliphatic carbocycles. The molecule has 0 aliphatic heterocycles. The van der Waals surface area contributed by atoms with Crippen LogP contribution >= 0.6 is 0 Å². The Morgan fingerprint density at radius 3 is 2.15 bits per heavy atom. The average Bonchev–Trinajstić information content (AvgIpc) is 2.94. The number of likely N-dealkylation sites (N-methyl/N-ethyl adjacent to an activating group) is 1. The SMILES string of the molecule is CCNC(=O)C(C)N(Cc1cccc(OC)c1)C(=O)CN(c1ccc(C)cc1)S(=O)(=O)c1ccc(OC)cc1. The Kier molecular flexibility index (Phi) is 9.95. The molecule has 208 valence electrons. The fraction of sp³-hybridized carbons (Fsp3) is 0.310. The number of anilines is 1. The molecule has 0 spiro atoms. The smallest absolute Gasteiger partial charge is 0.264 e. The van der Waals surface area contributed by atoms with Gasteiger partial charge in [0, 0.05) is 13.1 Å². The summed E-state index contributed by atoms with van der Waals surface area (Å²) in [4.78, 5) is 28.1. The van der Waals surface area contributed by atoms with Gasteiger partial charge in [-0.15, -0.1) is 0 Å². The van der Waals surface area contributed by atoms with Gasteiger partial charge in [-0.25, -0.2) is 8.42 Å². The van der Waals surface area contributed by atoms with Gasteiger partial charge in [0.25, 0.3) is 10.0 Å². The lowest BCUT2D eigenvalue weighted by Crippen LogP contribution is -2.51. The Balaban J connectivity index is 2.02. The predicted octanol–water partition coefficient (Wildman–Crippen LogP) is 3.76. The Hall–Kier alpha value is -4.05. The average molecular weight is 554 g/mol. The van der Waals surface area contributed by atoms with E-state index in [-0.39, 0.29) is 17.3 Å². The van der Waals surface area contributed by atoms with Crippen molar-refractivity contribution in [3.05, 3.63) is 83.9 Å². The predicted molar refractivity (Wildman–Crippen MR) is 150 cm³/mol. The van der Waals surface area contributed by atoms with E-state index in [9.17, 15) is 18.0 Å². The third-order valence-corrected chi connectivity index (χ3v) is 8.04. The van der Waals surface area contributed by atoms with Crippen LogP contribution in [0.25, 0.3) is 0 Å². The van der Waals surface area contributed by atoms with Crippen molar-refractivity contribution in [3.8, 4) is 11.5 Å². The van der Waals surface area contributed by atoms with E-state index in [0.29, 0.717) is 23.7 Å². The number of nitrogens with zero attached hydrogens (tertiary/aromatic N) is 2. The number of sulfonamides is 1. The van der Waals surface area contributed by atoms with Gasteiger partial charge in [-0.1, -0.05) is 29.8 Å². The molecule has 2 amide bonds. The van der Waals surface area contributed by atoms with Crippen molar-refractivity contribution in [1.29, 1.82) is 0 Å². The molecule has 0 heterocycles. The van der Waals surface area contributed by atoms with Crippen molar-refractivity contribution >= 4 is 27.5 Å². The molecule has 3 aromatic carbocycles. The van der Waals surface area contributed by atoms with E-state index in [4.69, 9.17) is 9.47 Å². The molecule has 1 unspecified atom stereocenters. The number of aryl methyl sites for hydroxylation is 1. The summed E-state index contributed by atoms with van der Waals surface area (Å²) in [5.41, 5.74) is 2.01. The van der Waals surface area contributed by atoms with E-state index in [1.54, 1.807) is 75.6 Å². The first-order valence-corrected chi connectivity index (χ1v) is 14.0. The second-order valence-electron chi connectivity index (χ2n) is 8.97. The van der Waals surface area contributed by atoms with Gasteiger partial charge in [0.05, 0.1) is 24.8 Å². The van der Waals surface area contributed by atoms with E-state index < -0.39 is 28.5 Å². The highest BCUT2D eigenvalue weighted by atomic mass is 32.2. The summed E-state index contributed by atoms with van der Waals surface area (Å²) in [5.74, 6) is 0.240. The Morgan fingerprint density at radius 1 is 0.923 bits per heavy atom. The topological polar surface area (TPSA) is 105 Å². The van der Waals surface area contributed by atoms with E-state index in [1.807, 2.05) is 13.0 Å². The van der Waals surface area contributed by atoms with Gasteiger partial charge < -0.3 is 19.7 Å². The largest absolute Gasteiger partial charge is 0.497 e. The van der Waals surface area contributed by atoms with Gasteiger partial charge in [-0.05, 0) is 74.9 Å². The number of rotatable bonds is 12. The first-order valence-electron chi connectivity index (χ1n) is 12.5. The van der Waals surface area contributed by atoms with Gasteiger partial charge in [0.1, 0.15) is 24.1 Å². The van der Waals surface area contributed by atoms with Crippen molar-refractivity contribution in [3.63, 3.8) is 0 Å². The van der Waals surface area contributed by atoms with Gasteiger partial charge in [0.15, 0.2) is 0 Å². The Bertz CT molecular complexity index is 1370. The molecule has 0 aliphatic rings. The van der Waals surface area contributed by atoms with Crippen LogP contribution in [0.5, 0.6) is 11.5 Å². The molecule has 1 N–H and O–H groups in total. The monoisotopic (exact) mass is 553 g/mol. The second kappa shape index (κ2) is 13.1. The standard InChI is InChI=1S/C29H35N3O6S/c1-6-30-29(34)22(3)31(19-23-8-7-9-26(18-23)38-5)28(33)20-32(24-12-10-21(2)11-13-24)39(35,36)27-16-14-25(37-4)15-17-27/h7-18,22H,6,19-20H2,1-5H3,(H,30,34). The molecular weight excluding hydrogens is 518 g/mol. The van der Waals surface area contributed by atoms with Crippen LogP contribution in [0.4, 0.5) is 5.69 Å². The second-order valence-corrected chi connectivity index (χ2v) is 10.8. The van der Waals surface area contributed by atoms with Gasteiger partial charge in [-0.3, -0.25) is 13.9 Å². The molecule has 0 bridgehead atoms. The molecule has 1 atom stereocenters. The summed E-state index contributed by atoms with van der Waals surface area (Å²) in [6.45, 7) is 5.27. The molecule has 3 aromatic rings. The number of carbonyl (C=O) groups excluding carboxylic acids is 2. The summed E-state index contributed by atoms with van der Waals surface area (Å²) in [6.07, 6.45) is 0. The molecule has 0 aromatic heterocycles. The van der Waals surface area contributed by atoms with E-state index in [2.05, 4.69) is 5.32 Å². The van der Waals surface area contributed by atoms with Crippen LogP contribution in [0.15, 0.2) is 77.7 Å². The van der Waals surface area contributed by atoms with Crippen LogP contribution in [-0.2, 0) is 26.2 Å². The fourth-order valence-corrected chi connectivity index (χ4v) is 5.40. The number of carbonyl (C=O) groups is 2. The Morgan fingerprint density at radius 2 is 1.56 bits per heavy atom. The highest BCUT2D eigenvalue weighted by molar-refractivity contribution is 7.92. The van der Waals surface area contributed by atoms with Crippen molar-refractivity contribution < 1.29 is 27.5 Å².